The van der Waals surface area contributed by atoms with Gasteiger partial charge in [0.15, 0.2) is 0 Å². The van der Waals surface area contributed by atoms with Crippen LogP contribution in [0.3, 0.4) is 0 Å². The van der Waals surface area contributed by atoms with Gasteiger partial charge in [0, 0.05) is 25.1 Å². The molecule has 2 aliphatic rings. The van der Waals surface area contributed by atoms with Crippen LogP contribution in [0.25, 0.3) is 0 Å². The number of nitrogens with zero attached hydrogens (tertiary/aromatic N) is 1. The topological polar surface area (TPSA) is 66.8 Å². The Labute approximate surface area is 159 Å². The Hall–Kier alpha value is -2.25. The Bertz CT molecular complexity index is 879. The number of ether oxygens (including phenoxy) is 1. The minimum Gasteiger partial charge on any atom is -0.493 e. The summed E-state index contributed by atoms with van der Waals surface area (Å²) in [5.74, 6) is -1.14. The van der Waals surface area contributed by atoms with Gasteiger partial charge in [0.1, 0.15) is 22.6 Å². The second-order valence-electron chi connectivity index (χ2n) is 7.04. The predicted octanol–water partition coefficient (Wildman–Crippen LogP) is 3.43. The molecule has 27 heavy (non-hydrogen) atoms. The molecule has 1 heterocycles. The molecule has 7 heteroatoms. The van der Waals surface area contributed by atoms with Crippen LogP contribution in [0.2, 0.25) is 0 Å². The third-order valence-corrected chi connectivity index (χ3v) is 6.37. The zero-order chi connectivity index (χ0) is 19.0. The molecule has 1 aliphatic carbocycles. The molecule has 0 bridgehead atoms. The molecule has 1 N–H and O–H groups in total. The Balaban J connectivity index is 1.37. The number of rotatable bonds is 7. The molecule has 5 nitrogen and oxygen atoms in total. The van der Waals surface area contributed by atoms with Crippen molar-refractivity contribution >= 4 is 17.0 Å². The molecule has 0 aromatic heterocycles. The van der Waals surface area contributed by atoms with Crippen LogP contribution in [0.4, 0.5) is 4.39 Å². The van der Waals surface area contributed by atoms with Crippen LogP contribution in [0.5, 0.6) is 5.75 Å². The molecule has 0 amide bonds. The average molecular weight is 389 g/mol. The summed E-state index contributed by atoms with van der Waals surface area (Å²) in [4.78, 5) is 11.9. The van der Waals surface area contributed by atoms with Gasteiger partial charge in [-0.3, -0.25) is 0 Å². The third kappa shape index (κ3) is 3.89. The summed E-state index contributed by atoms with van der Waals surface area (Å²) in [7, 11) is -1.17. The molecule has 1 aliphatic heterocycles. The van der Waals surface area contributed by atoms with Crippen LogP contribution in [-0.4, -0.2) is 39.3 Å². The molecule has 0 spiro atoms. The normalized spacial score (nSPS) is 18.7. The monoisotopic (exact) mass is 389 g/mol. The maximum atomic E-state index is 14.0. The lowest BCUT2D eigenvalue weighted by Crippen LogP contribution is -2.49. The van der Waals surface area contributed by atoms with Crippen LogP contribution in [-0.2, 0) is 11.0 Å². The van der Waals surface area contributed by atoms with E-state index >= 15 is 0 Å². The number of carbonyl (C=O) groups is 1. The van der Waals surface area contributed by atoms with Gasteiger partial charge in [-0.2, -0.15) is 0 Å². The van der Waals surface area contributed by atoms with Crippen molar-refractivity contribution in [2.75, 3.05) is 19.7 Å². The van der Waals surface area contributed by atoms with Crippen LogP contribution in [0.1, 0.15) is 34.7 Å². The van der Waals surface area contributed by atoms with E-state index in [0.717, 1.165) is 23.3 Å². The summed E-state index contributed by atoms with van der Waals surface area (Å²) in [5.41, 5.74) is 0.468. The highest BCUT2D eigenvalue weighted by atomic mass is 32.2. The zero-order valence-electron chi connectivity index (χ0n) is 14.6. The van der Waals surface area contributed by atoms with E-state index in [-0.39, 0.29) is 17.4 Å². The molecular weight excluding hydrogens is 369 g/mol. The van der Waals surface area contributed by atoms with E-state index in [4.69, 9.17) is 9.84 Å². The second kappa shape index (κ2) is 7.40. The van der Waals surface area contributed by atoms with Crippen molar-refractivity contribution in [2.24, 2.45) is 5.92 Å². The van der Waals surface area contributed by atoms with E-state index in [1.165, 1.54) is 12.1 Å². The highest BCUT2D eigenvalue weighted by Gasteiger charge is 2.33. The smallest absolute Gasteiger partial charge is 0.338 e. The van der Waals surface area contributed by atoms with Crippen LogP contribution in [0, 0.1) is 11.7 Å². The number of carboxylic acids is 1. The summed E-state index contributed by atoms with van der Waals surface area (Å²) in [5, 5.41) is 9.11. The first-order valence-electron chi connectivity index (χ1n) is 8.94. The molecule has 1 saturated carbocycles. The first-order valence-corrected chi connectivity index (χ1v) is 10.0. The first kappa shape index (κ1) is 18.1. The molecule has 1 unspecified atom stereocenters. The van der Waals surface area contributed by atoms with E-state index in [9.17, 15) is 13.4 Å². The number of benzene rings is 2. The molecule has 0 radical (unpaired) electrons. The fourth-order valence-electron chi connectivity index (χ4n) is 3.23. The SMILES string of the molecule is O=C(O)c1cc(C2CC2)c(OCC2CN(S(=O)c3ccccc3)C2)cc1F. The standard InChI is InChI=1S/C20H20FNO4S/c21-18-9-19(16(14-6-7-14)8-17(18)20(23)24)26-12-13-10-22(11-13)27(25)15-4-2-1-3-5-15/h1-5,8-9,13-14H,6-7,10-12H2,(H,23,24). The third-order valence-electron chi connectivity index (χ3n) is 4.92. The maximum Gasteiger partial charge on any atom is 0.338 e. The molecule has 2 aromatic rings. The number of hydrogen-bond acceptors (Lipinski definition) is 3. The molecule has 2 aromatic carbocycles. The predicted molar refractivity (Wildman–Crippen MR) is 98.7 cm³/mol. The fourth-order valence-corrected chi connectivity index (χ4v) is 4.61. The van der Waals surface area contributed by atoms with Gasteiger partial charge in [-0.15, -0.1) is 0 Å². The van der Waals surface area contributed by atoms with Crippen molar-refractivity contribution < 1.29 is 23.2 Å². The molecule has 142 valence electrons. The lowest BCUT2D eigenvalue weighted by Gasteiger charge is -2.37. The van der Waals surface area contributed by atoms with Gasteiger partial charge >= 0.3 is 5.97 Å². The first-order chi connectivity index (χ1) is 13.0. The van der Waals surface area contributed by atoms with Crippen LogP contribution >= 0.6 is 0 Å². The number of hydrogen-bond donors (Lipinski definition) is 1. The lowest BCUT2D eigenvalue weighted by atomic mass is 10.0. The number of aromatic carboxylic acids is 1. The summed E-state index contributed by atoms with van der Waals surface area (Å²) in [6, 6.07) is 11.9. The minimum atomic E-state index is -1.26. The van der Waals surface area contributed by atoms with Gasteiger partial charge < -0.3 is 9.84 Å². The molecular formula is C20H20FNO4S. The fraction of sp³-hybridized carbons (Fsp3) is 0.350. The van der Waals surface area contributed by atoms with E-state index in [1.807, 2.05) is 34.6 Å². The summed E-state index contributed by atoms with van der Waals surface area (Å²) in [6.07, 6.45) is 1.93. The van der Waals surface area contributed by atoms with Crippen molar-refractivity contribution in [3.05, 3.63) is 59.4 Å². The van der Waals surface area contributed by atoms with E-state index in [0.29, 0.717) is 25.4 Å². The van der Waals surface area contributed by atoms with E-state index in [2.05, 4.69) is 0 Å². The van der Waals surface area contributed by atoms with Crippen molar-refractivity contribution in [3.63, 3.8) is 0 Å². The summed E-state index contributed by atoms with van der Waals surface area (Å²) in [6.45, 7) is 1.69. The summed E-state index contributed by atoms with van der Waals surface area (Å²) < 4.78 is 34.2. The second-order valence-corrected chi connectivity index (χ2v) is 8.52. The van der Waals surface area contributed by atoms with E-state index in [1.54, 1.807) is 0 Å². The van der Waals surface area contributed by atoms with Gasteiger partial charge in [0.05, 0.1) is 17.1 Å². The average Bonchev–Trinajstić information content (AvgIpc) is 3.45. The van der Waals surface area contributed by atoms with E-state index < -0.39 is 22.8 Å². The quantitative estimate of drug-likeness (QED) is 0.788. The van der Waals surface area contributed by atoms with Crippen LogP contribution in [0.15, 0.2) is 47.4 Å². The van der Waals surface area contributed by atoms with Gasteiger partial charge in [-0.1, -0.05) is 18.2 Å². The molecule has 1 saturated heterocycles. The largest absolute Gasteiger partial charge is 0.493 e. The van der Waals surface area contributed by atoms with Gasteiger partial charge in [-0.25, -0.2) is 17.7 Å². The van der Waals surface area contributed by atoms with Gasteiger partial charge in [0.25, 0.3) is 0 Å². The highest BCUT2D eigenvalue weighted by Crippen LogP contribution is 2.45. The van der Waals surface area contributed by atoms with Crippen molar-refractivity contribution in [3.8, 4) is 5.75 Å². The lowest BCUT2D eigenvalue weighted by molar-refractivity contribution is 0.0691. The zero-order valence-corrected chi connectivity index (χ0v) is 15.5. The Morgan fingerprint density at radius 2 is 1.93 bits per heavy atom. The Kier molecular flexibility index (Phi) is 4.97. The highest BCUT2D eigenvalue weighted by molar-refractivity contribution is 7.82. The van der Waals surface area contributed by atoms with Crippen molar-refractivity contribution in [1.29, 1.82) is 0 Å². The van der Waals surface area contributed by atoms with Crippen molar-refractivity contribution in [1.82, 2.24) is 4.31 Å². The molecule has 1 atom stereocenters. The number of halogens is 1. The van der Waals surface area contributed by atoms with Gasteiger partial charge in [0.2, 0.25) is 0 Å². The van der Waals surface area contributed by atoms with Crippen LogP contribution < -0.4 is 4.74 Å². The summed E-state index contributed by atoms with van der Waals surface area (Å²) >= 11 is 0. The Morgan fingerprint density at radius 3 is 2.56 bits per heavy atom. The molecule has 2 fully saturated rings. The Morgan fingerprint density at radius 1 is 1.22 bits per heavy atom. The van der Waals surface area contributed by atoms with Crippen molar-refractivity contribution in [2.45, 2.75) is 23.7 Å². The minimum absolute atomic E-state index is 0.215. The molecule has 4 rings (SSSR count). The number of carboxylic acid groups (broad SMARTS) is 1. The maximum absolute atomic E-state index is 14.0. The van der Waals surface area contributed by atoms with Gasteiger partial charge in [-0.05, 0) is 42.5 Å².